The molecule has 0 bridgehead atoms. The van der Waals surface area contributed by atoms with Gasteiger partial charge in [0.15, 0.2) is 5.60 Å². The van der Waals surface area contributed by atoms with Crippen LogP contribution in [0.5, 0.6) is 0 Å². The van der Waals surface area contributed by atoms with Crippen molar-refractivity contribution in [1.82, 2.24) is 0 Å². The van der Waals surface area contributed by atoms with Gasteiger partial charge in [0.25, 0.3) is 5.91 Å². The van der Waals surface area contributed by atoms with E-state index in [2.05, 4.69) is 4.74 Å². The van der Waals surface area contributed by atoms with Crippen LogP contribution in [0.4, 0.5) is 10.5 Å². The number of fused-ring (bicyclic) bond motifs is 1. The van der Waals surface area contributed by atoms with Gasteiger partial charge in [0.1, 0.15) is 0 Å². The molecule has 1 N–H and O–H groups in total. The van der Waals surface area contributed by atoms with Crippen molar-refractivity contribution < 1.29 is 19.4 Å². The van der Waals surface area contributed by atoms with Crippen LogP contribution in [-0.4, -0.2) is 24.2 Å². The zero-order valence-electron chi connectivity index (χ0n) is 8.93. The molecule has 0 spiro atoms. The lowest BCUT2D eigenvalue weighted by Gasteiger charge is -2.16. The first kappa shape index (κ1) is 10.6. The molecule has 0 unspecified atom stereocenters. The molecule has 5 nitrogen and oxygen atoms in total. The topological polar surface area (TPSA) is 66.8 Å². The molecule has 0 aromatic heterocycles. The van der Waals surface area contributed by atoms with Gasteiger partial charge < -0.3 is 9.84 Å². The number of methoxy groups -OCH3 is 1. The Balaban J connectivity index is 2.60. The Morgan fingerprint density at radius 2 is 2.06 bits per heavy atom. The van der Waals surface area contributed by atoms with E-state index < -0.39 is 17.6 Å². The number of amides is 2. The summed E-state index contributed by atoms with van der Waals surface area (Å²) in [5.74, 6) is -0.694. The highest BCUT2D eigenvalue weighted by Gasteiger charge is 2.49. The third-order valence-corrected chi connectivity index (χ3v) is 2.65. The third kappa shape index (κ3) is 1.22. The highest BCUT2D eigenvalue weighted by atomic mass is 16.5. The first-order valence-corrected chi connectivity index (χ1v) is 4.74. The first-order chi connectivity index (χ1) is 7.50. The van der Waals surface area contributed by atoms with E-state index in [4.69, 9.17) is 0 Å². The maximum Gasteiger partial charge on any atom is 0.421 e. The molecule has 16 heavy (non-hydrogen) atoms. The van der Waals surface area contributed by atoms with E-state index in [1.807, 2.05) is 0 Å². The summed E-state index contributed by atoms with van der Waals surface area (Å²) < 4.78 is 4.51. The SMILES string of the molecule is COC(=O)N1C(=O)[C@@](C)(O)c2ccccc21. The van der Waals surface area contributed by atoms with Crippen LogP contribution in [-0.2, 0) is 15.1 Å². The molecule has 0 aliphatic carbocycles. The lowest BCUT2D eigenvalue weighted by Crippen LogP contribution is -2.41. The molecule has 5 heteroatoms. The van der Waals surface area contributed by atoms with Crippen molar-refractivity contribution in [2.45, 2.75) is 12.5 Å². The van der Waals surface area contributed by atoms with Gasteiger partial charge in [-0.05, 0) is 13.0 Å². The van der Waals surface area contributed by atoms with Crippen molar-refractivity contribution in [2.24, 2.45) is 0 Å². The molecular formula is C11H11NO4. The standard InChI is InChI=1S/C11H11NO4/c1-11(15)7-5-3-4-6-8(7)12(9(11)13)10(14)16-2/h3-6,15H,1-2H3/t11-/m0/s1. The van der Waals surface area contributed by atoms with Gasteiger partial charge in [-0.15, -0.1) is 0 Å². The minimum absolute atomic E-state index is 0.365. The predicted molar refractivity (Wildman–Crippen MR) is 55.9 cm³/mol. The lowest BCUT2D eigenvalue weighted by molar-refractivity contribution is -0.133. The van der Waals surface area contributed by atoms with Crippen molar-refractivity contribution in [1.29, 1.82) is 0 Å². The Bertz CT molecular complexity index is 467. The summed E-state index contributed by atoms with van der Waals surface area (Å²) in [4.78, 5) is 24.1. The van der Waals surface area contributed by atoms with Crippen LogP contribution in [0.15, 0.2) is 24.3 Å². The molecular weight excluding hydrogens is 210 g/mol. The normalized spacial score (nSPS) is 23.2. The van der Waals surface area contributed by atoms with Gasteiger partial charge in [0.2, 0.25) is 0 Å². The number of hydrogen-bond donors (Lipinski definition) is 1. The Kier molecular flexibility index (Phi) is 2.20. The summed E-state index contributed by atoms with van der Waals surface area (Å²) in [5, 5.41) is 10.0. The molecule has 2 rings (SSSR count). The van der Waals surface area contributed by atoms with Gasteiger partial charge >= 0.3 is 6.09 Å². The number of ether oxygens (including phenoxy) is 1. The monoisotopic (exact) mass is 221 g/mol. The van der Waals surface area contributed by atoms with Crippen molar-refractivity contribution in [2.75, 3.05) is 12.0 Å². The predicted octanol–water partition coefficient (Wildman–Crippen LogP) is 1.01. The summed E-state index contributed by atoms with van der Waals surface area (Å²) in [6.07, 6.45) is -0.796. The van der Waals surface area contributed by atoms with Crippen molar-refractivity contribution in [3.05, 3.63) is 29.8 Å². The minimum atomic E-state index is -1.68. The number of rotatable bonds is 0. The highest BCUT2D eigenvalue weighted by molar-refractivity contribution is 6.20. The van der Waals surface area contributed by atoms with Gasteiger partial charge in [0, 0.05) is 5.56 Å². The second-order valence-electron chi connectivity index (χ2n) is 3.70. The maximum atomic E-state index is 11.9. The van der Waals surface area contributed by atoms with E-state index >= 15 is 0 Å². The lowest BCUT2D eigenvalue weighted by atomic mass is 9.98. The molecule has 1 aromatic carbocycles. The zero-order chi connectivity index (χ0) is 11.9. The molecule has 1 atom stereocenters. The second kappa shape index (κ2) is 3.31. The fourth-order valence-electron chi connectivity index (χ4n) is 1.80. The van der Waals surface area contributed by atoms with E-state index in [0.29, 0.717) is 11.3 Å². The van der Waals surface area contributed by atoms with Crippen molar-refractivity contribution >= 4 is 17.7 Å². The van der Waals surface area contributed by atoms with Gasteiger partial charge in [-0.25, -0.2) is 9.69 Å². The molecule has 1 aromatic rings. The number of anilines is 1. The van der Waals surface area contributed by atoms with Crippen LogP contribution in [0.25, 0.3) is 0 Å². The summed E-state index contributed by atoms with van der Waals surface area (Å²) >= 11 is 0. The number of carbonyl (C=O) groups excluding carboxylic acids is 2. The quantitative estimate of drug-likeness (QED) is 0.709. The van der Waals surface area contributed by atoms with Crippen LogP contribution in [0.2, 0.25) is 0 Å². The Morgan fingerprint density at radius 1 is 1.44 bits per heavy atom. The zero-order valence-corrected chi connectivity index (χ0v) is 8.93. The summed E-state index contributed by atoms with van der Waals surface area (Å²) in [5.41, 5.74) is -0.903. The van der Waals surface area contributed by atoms with Crippen LogP contribution in [0.1, 0.15) is 12.5 Å². The molecule has 84 valence electrons. The van der Waals surface area contributed by atoms with Crippen LogP contribution in [0, 0.1) is 0 Å². The molecule has 0 radical (unpaired) electrons. The smallest absolute Gasteiger partial charge is 0.421 e. The summed E-state index contributed by atoms with van der Waals surface area (Å²) in [7, 11) is 1.19. The Hall–Kier alpha value is -1.88. The van der Waals surface area contributed by atoms with E-state index in [-0.39, 0.29) is 0 Å². The van der Waals surface area contributed by atoms with E-state index in [0.717, 1.165) is 4.90 Å². The molecule has 1 aliphatic rings. The number of benzene rings is 1. The average Bonchev–Trinajstić information content (AvgIpc) is 2.48. The Labute approximate surface area is 92.2 Å². The van der Waals surface area contributed by atoms with Crippen LogP contribution < -0.4 is 4.90 Å². The number of imide groups is 1. The van der Waals surface area contributed by atoms with Crippen LogP contribution in [0.3, 0.4) is 0 Å². The maximum absolute atomic E-state index is 11.9. The summed E-state index contributed by atoms with van der Waals surface area (Å²) in [6.45, 7) is 1.36. The second-order valence-corrected chi connectivity index (χ2v) is 3.70. The Morgan fingerprint density at radius 3 is 2.69 bits per heavy atom. The molecule has 2 amide bonds. The number of hydrogen-bond acceptors (Lipinski definition) is 4. The van der Waals surface area contributed by atoms with Gasteiger partial charge in [-0.3, -0.25) is 4.79 Å². The van der Waals surface area contributed by atoms with Gasteiger partial charge in [0.05, 0.1) is 12.8 Å². The van der Waals surface area contributed by atoms with Crippen molar-refractivity contribution in [3.8, 4) is 0 Å². The molecule has 0 saturated carbocycles. The number of nitrogens with zero attached hydrogens (tertiary/aromatic N) is 1. The van der Waals surface area contributed by atoms with E-state index in [1.165, 1.54) is 14.0 Å². The van der Waals surface area contributed by atoms with E-state index in [9.17, 15) is 14.7 Å². The molecule has 1 heterocycles. The molecule has 0 saturated heterocycles. The van der Waals surface area contributed by atoms with Crippen LogP contribution >= 0.6 is 0 Å². The molecule has 1 aliphatic heterocycles. The first-order valence-electron chi connectivity index (χ1n) is 4.74. The summed E-state index contributed by atoms with van der Waals surface area (Å²) in [6, 6.07) is 6.58. The average molecular weight is 221 g/mol. The largest absolute Gasteiger partial charge is 0.452 e. The number of aliphatic hydroxyl groups is 1. The fourth-order valence-corrected chi connectivity index (χ4v) is 1.80. The number of para-hydroxylation sites is 1. The van der Waals surface area contributed by atoms with Gasteiger partial charge in [-0.1, -0.05) is 18.2 Å². The van der Waals surface area contributed by atoms with Gasteiger partial charge in [-0.2, -0.15) is 0 Å². The molecule has 0 fully saturated rings. The minimum Gasteiger partial charge on any atom is -0.452 e. The highest BCUT2D eigenvalue weighted by Crippen LogP contribution is 2.39. The number of carbonyl (C=O) groups is 2. The van der Waals surface area contributed by atoms with Crippen molar-refractivity contribution in [3.63, 3.8) is 0 Å². The van der Waals surface area contributed by atoms with E-state index in [1.54, 1.807) is 24.3 Å². The fraction of sp³-hybridized carbons (Fsp3) is 0.273. The third-order valence-electron chi connectivity index (χ3n) is 2.65.